The number of rotatable bonds is 8. The molecule has 0 aliphatic rings. The summed E-state index contributed by atoms with van der Waals surface area (Å²) in [4.78, 5) is 16.8. The zero-order valence-corrected chi connectivity index (χ0v) is 13.7. The lowest BCUT2D eigenvalue weighted by Gasteiger charge is -2.14. The van der Waals surface area contributed by atoms with E-state index in [4.69, 9.17) is 4.74 Å². The van der Waals surface area contributed by atoms with Gasteiger partial charge in [0.25, 0.3) is 5.91 Å². The number of carbonyl (C=O) groups is 1. The maximum Gasteiger partial charge on any atom is 0.251 e. The van der Waals surface area contributed by atoms with Crippen LogP contribution < -0.4 is 10.6 Å². The molecule has 0 radical (unpaired) electrons. The Labute approximate surface area is 127 Å². The summed E-state index contributed by atoms with van der Waals surface area (Å²) in [5.74, 6) is 0.938. The molecule has 1 aromatic rings. The molecule has 2 N–H and O–H groups in total. The summed E-state index contributed by atoms with van der Waals surface area (Å²) in [6, 6.07) is 3.66. The van der Waals surface area contributed by atoms with E-state index >= 15 is 0 Å². The highest BCUT2D eigenvalue weighted by Crippen LogP contribution is 2.17. The average molecular weight is 293 g/mol. The van der Waals surface area contributed by atoms with Gasteiger partial charge in [-0.2, -0.15) is 0 Å². The number of carbonyl (C=O) groups excluding carboxylic acids is 1. The minimum atomic E-state index is -0.0947. The topological polar surface area (TPSA) is 63.2 Å². The molecule has 0 bridgehead atoms. The molecule has 1 aromatic heterocycles. The van der Waals surface area contributed by atoms with Crippen LogP contribution >= 0.6 is 0 Å². The second-order valence-corrected chi connectivity index (χ2v) is 5.50. The van der Waals surface area contributed by atoms with E-state index in [0.29, 0.717) is 12.1 Å². The second-order valence-electron chi connectivity index (χ2n) is 5.50. The smallest absolute Gasteiger partial charge is 0.251 e. The third-order valence-electron chi connectivity index (χ3n) is 3.21. The Kier molecular flexibility index (Phi) is 7.15. The van der Waals surface area contributed by atoms with Gasteiger partial charge in [-0.15, -0.1) is 0 Å². The standard InChI is InChI=1S/C16H27N3O2/c1-6-7-17-15-9-13(8-14(19-15)11(2)3)16(20)18-10-12(4)21-5/h8-9,11-12H,6-7,10H2,1-5H3,(H,17,19)(H,18,20). The lowest BCUT2D eigenvalue weighted by Crippen LogP contribution is -2.31. The third kappa shape index (κ3) is 5.71. The Hall–Kier alpha value is -1.62. The number of anilines is 1. The lowest BCUT2D eigenvalue weighted by atomic mass is 10.1. The first-order chi connectivity index (χ1) is 9.97. The Balaban J connectivity index is 2.88. The van der Waals surface area contributed by atoms with Gasteiger partial charge in [-0.25, -0.2) is 4.98 Å². The molecule has 0 aliphatic heterocycles. The molecule has 118 valence electrons. The monoisotopic (exact) mass is 293 g/mol. The Bertz CT molecular complexity index is 461. The van der Waals surface area contributed by atoms with Crippen LogP contribution in [-0.4, -0.2) is 37.2 Å². The van der Waals surface area contributed by atoms with Crippen molar-refractivity contribution in [2.75, 3.05) is 25.5 Å². The van der Waals surface area contributed by atoms with Gasteiger partial charge in [0, 0.05) is 31.5 Å². The molecule has 5 heteroatoms. The molecule has 0 aliphatic carbocycles. The highest BCUT2D eigenvalue weighted by atomic mass is 16.5. The first kappa shape index (κ1) is 17.4. The van der Waals surface area contributed by atoms with Gasteiger partial charge < -0.3 is 15.4 Å². The zero-order valence-electron chi connectivity index (χ0n) is 13.7. The van der Waals surface area contributed by atoms with Crippen molar-refractivity contribution in [2.24, 2.45) is 0 Å². The number of nitrogens with zero attached hydrogens (tertiary/aromatic N) is 1. The van der Waals surface area contributed by atoms with Crippen molar-refractivity contribution < 1.29 is 9.53 Å². The van der Waals surface area contributed by atoms with E-state index in [1.165, 1.54) is 0 Å². The van der Waals surface area contributed by atoms with Crippen LogP contribution in [0.1, 0.15) is 56.1 Å². The SMILES string of the molecule is CCCNc1cc(C(=O)NCC(C)OC)cc(C(C)C)n1. The van der Waals surface area contributed by atoms with Crippen LogP contribution in [0.4, 0.5) is 5.82 Å². The summed E-state index contributed by atoms with van der Waals surface area (Å²) < 4.78 is 5.14. The molecule has 1 unspecified atom stereocenters. The van der Waals surface area contributed by atoms with Crippen molar-refractivity contribution >= 4 is 11.7 Å². The highest BCUT2D eigenvalue weighted by molar-refractivity contribution is 5.95. The number of aromatic nitrogens is 1. The molecular weight excluding hydrogens is 266 g/mol. The lowest BCUT2D eigenvalue weighted by molar-refractivity contribution is 0.0870. The molecule has 0 saturated carbocycles. The summed E-state index contributed by atoms with van der Waals surface area (Å²) in [6.07, 6.45) is 1.01. The van der Waals surface area contributed by atoms with Crippen LogP contribution in [-0.2, 0) is 4.74 Å². The number of hydrogen-bond donors (Lipinski definition) is 2. The van der Waals surface area contributed by atoms with E-state index in [0.717, 1.165) is 24.5 Å². The van der Waals surface area contributed by atoms with Gasteiger partial charge in [-0.05, 0) is 31.4 Å². The van der Waals surface area contributed by atoms with E-state index in [2.05, 4.69) is 36.4 Å². The predicted molar refractivity (Wildman–Crippen MR) is 85.9 cm³/mol. The Morgan fingerprint density at radius 2 is 2.05 bits per heavy atom. The van der Waals surface area contributed by atoms with Crippen LogP contribution in [0.3, 0.4) is 0 Å². The third-order valence-corrected chi connectivity index (χ3v) is 3.21. The van der Waals surface area contributed by atoms with Crippen molar-refractivity contribution in [3.8, 4) is 0 Å². The number of nitrogens with one attached hydrogen (secondary N) is 2. The van der Waals surface area contributed by atoms with Gasteiger partial charge in [0.2, 0.25) is 0 Å². The number of ether oxygens (including phenoxy) is 1. The Morgan fingerprint density at radius 3 is 2.62 bits per heavy atom. The number of amides is 1. The fourth-order valence-corrected chi connectivity index (χ4v) is 1.74. The maximum atomic E-state index is 12.2. The summed E-state index contributed by atoms with van der Waals surface area (Å²) >= 11 is 0. The summed E-state index contributed by atoms with van der Waals surface area (Å²) in [6.45, 7) is 9.49. The van der Waals surface area contributed by atoms with Crippen LogP contribution in [0.25, 0.3) is 0 Å². The summed E-state index contributed by atoms with van der Waals surface area (Å²) in [5, 5.41) is 6.12. The molecule has 1 amide bonds. The predicted octanol–water partition coefficient (Wildman–Crippen LogP) is 2.79. The van der Waals surface area contributed by atoms with Crippen molar-refractivity contribution in [3.63, 3.8) is 0 Å². The van der Waals surface area contributed by atoms with Crippen molar-refractivity contribution in [2.45, 2.75) is 46.1 Å². The molecule has 1 atom stereocenters. The van der Waals surface area contributed by atoms with Crippen LogP contribution in [0.2, 0.25) is 0 Å². The van der Waals surface area contributed by atoms with E-state index in [9.17, 15) is 4.79 Å². The maximum absolute atomic E-state index is 12.2. The first-order valence-corrected chi connectivity index (χ1v) is 7.54. The number of hydrogen-bond acceptors (Lipinski definition) is 4. The Morgan fingerprint density at radius 1 is 1.33 bits per heavy atom. The molecule has 1 heterocycles. The van der Waals surface area contributed by atoms with Crippen LogP contribution in [0.15, 0.2) is 12.1 Å². The largest absolute Gasteiger partial charge is 0.380 e. The average Bonchev–Trinajstić information content (AvgIpc) is 2.49. The molecule has 0 aromatic carbocycles. The molecule has 21 heavy (non-hydrogen) atoms. The van der Waals surface area contributed by atoms with Gasteiger partial charge in [-0.3, -0.25) is 4.79 Å². The van der Waals surface area contributed by atoms with Gasteiger partial charge in [0.1, 0.15) is 5.82 Å². The van der Waals surface area contributed by atoms with Crippen molar-refractivity contribution in [1.29, 1.82) is 0 Å². The van der Waals surface area contributed by atoms with Gasteiger partial charge in [-0.1, -0.05) is 20.8 Å². The van der Waals surface area contributed by atoms with E-state index < -0.39 is 0 Å². The minimum absolute atomic E-state index is 0.00181. The van der Waals surface area contributed by atoms with Crippen molar-refractivity contribution in [3.05, 3.63) is 23.4 Å². The normalized spacial score (nSPS) is 12.3. The van der Waals surface area contributed by atoms with Crippen LogP contribution in [0, 0.1) is 0 Å². The summed E-state index contributed by atoms with van der Waals surface area (Å²) in [5.41, 5.74) is 1.55. The van der Waals surface area contributed by atoms with E-state index in [-0.39, 0.29) is 17.9 Å². The van der Waals surface area contributed by atoms with Gasteiger partial charge in [0.05, 0.1) is 6.10 Å². The quantitative estimate of drug-likeness (QED) is 0.773. The molecule has 1 rings (SSSR count). The molecule has 0 fully saturated rings. The molecule has 0 saturated heterocycles. The zero-order chi connectivity index (χ0) is 15.8. The van der Waals surface area contributed by atoms with E-state index in [1.54, 1.807) is 13.2 Å². The second kappa shape index (κ2) is 8.62. The first-order valence-electron chi connectivity index (χ1n) is 7.54. The number of methoxy groups -OCH3 is 1. The molecule has 0 spiro atoms. The van der Waals surface area contributed by atoms with Gasteiger partial charge >= 0.3 is 0 Å². The minimum Gasteiger partial charge on any atom is -0.380 e. The number of pyridine rings is 1. The fraction of sp³-hybridized carbons (Fsp3) is 0.625. The highest BCUT2D eigenvalue weighted by Gasteiger charge is 2.12. The molecule has 5 nitrogen and oxygen atoms in total. The van der Waals surface area contributed by atoms with Crippen LogP contribution in [0.5, 0.6) is 0 Å². The fourth-order valence-electron chi connectivity index (χ4n) is 1.74. The molecular formula is C16H27N3O2. The summed E-state index contributed by atoms with van der Waals surface area (Å²) in [7, 11) is 1.63. The van der Waals surface area contributed by atoms with E-state index in [1.807, 2.05) is 13.0 Å². The van der Waals surface area contributed by atoms with Gasteiger partial charge in [0.15, 0.2) is 0 Å². The van der Waals surface area contributed by atoms with Crippen molar-refractivity contribution in [1.82, 2.24) is 10.3 Å².